The quantitative estimate of drug-likeness (QED) is 0.451. The van der Waals surface area contributed by atoms with E-state index in [0.29, 0.717) is 6.07 Å². The molecule has 6 heteroatoms. The van der Waals surface area contributed by atoms with Gasteiger partial charge < -0.3 is 4.90 Å². The number of amidine groups is 1. The van der Waals surface area contributed by atoms with Crippen LogP contribution in [0.15, 0.2) is 18.2 Å². The predicted molar refractivity (Wildman–Crippen MR) is 51.9 cm³/mol. The number of alkyl halides is 3. The molecular weight excluding hydrogens is 224 g/mol. The molecule has 0 aliphatic rings. The van der Waals surface area contributed by atoms with E-state index in [4.69, 9.17) is 5.41 Å². The van der Waals surface area contributed by atoms with Gasteiger partial charge in [0.25, 0.3) is 0 Å². The van der Waals surface area contributed by atoms with Gasteiger partial charge in [-0.25, -0.2) is 4.39 Å². The first-order chi connectivity index (χ1) is 7.23. The first-order valence-electron chi connectivity index (χ1n) is 4.36. The zero-order valence-electron chi connectivity index (χ0n) is 8.69. The summed E-state index contributed by atoms with van der Waals surface area (Å²) < 4.78 is 50.5. The summed E-state index contributed by atoms with van der Waals surface area (Å²) in [5.74, 6) is -1.28. The summed E-state index contributed by atoms with van der Waals surface area (Å²) in [6.07, 6.45) is -4.67. The summed E-state index contributed by atoms with van der Waals surface area (Å²) >= 11 is 0. The van der Waals surface area contributed by atoms with Crippen molar-refractivity contribution >= 4 is 5.84 Å². The van der Waals surface area contributed by atoms with Crippen LogP contribution in [0.3, 0.4) is 0 Å². The lowest BCUT2D eigenvalue weighted by molar-refractivity contribution is -0.137. The average Bonchev–Trinajstić information content (AvgIpc) is 2.15. The Hall–Kier alpha value is -1.59. The molecule has 0 heterocycles. The molecule has 16 heavy (non-hydrogen) atoms. The third-order valence-electron chi connectivity index (χ3n) is 1.99. The molecule has 0 saturated carbocycles. The second-order valence-corrected chi connectivity index (χ2v) is 3.43. The van der Waals surface area contributed by atoms with Crippen LogP contribution in [0.2, 0.25) is 0 Å². The van der Waals surface area contributed by atoms with Gasteiger partial charge in [-0.05, 0) is 18.2 Å². The molecule has 0 amide bonds. The number of hydrogen-bond acceptors (Lipinski definition) is 1. The van der Waals surface area contributed by atoms with Gasteiger partial charge in [-0.15, -0.1) is 0 Å². The van der Waals surface area contributed by atoms with Crippen molar-refractivity contribution in [1.82, 2.24) is 4.90 Å². The molecule has 1 rings (SSSR count). The summed E-state index contributed by atoms with van der Waals surface area (Å²) in [6.45, 7) is 0. The highest BCUT2D eigenvalue weighted by Crippen LogP contribution is 2.32. The maximum atomic E-state index is 12.8. The van der Waals surface area contributed by atoms with E-state index in [1.807, 2.05) is 0 Å². The van der Waals surface area contributed by atoms with E-state index < -0.39 is 17.6 Å². The van der Waals surface area contributed by atoms with Crippen LogP contribution in [0.1, 0.15) is 11.1 Å². The van der Waals surface area contributed by atoms with Gasteiger partial charge in [0.05, 0.1) is 5.56 Å². The minimum absolute atomic E-state index is 0.313. The predicted octanol–water partition coefficient (Wildman–Crippen LogP) is 2.73. The zero-order chi connectivity index (χ0) is 12.5. The number of rotatable bonds is 1. The fourth-order valence-electron chi connectivity index (χ4n) is 1.20. The Kier molecular flexibility index (Phi) is 3.21. The Bertz CT molecular complexity index is 410. The van der Waals surface area contributed by atoms with Crippen LogP contribution in [0.5, 0.6) is 0 Å². The Morgan fingerprint density at radius 2 is 1.81 bits per heavy atom. The number of halogens is 4. The molecule has 0 unspecified atom stereocenters. The molecule has 1 aromatic carbocycles. The molecule has 0 spiro atoms. The van der Waals surface area contributed by atoms with Crippen molar-refractivity contribution in [3.63, 3.8) is 0 Å². The minimum Gasteiger partial charge on any atom is -0.363 e. The molecule has 0 aromatic heterocycles. The second-order valence-electron chi connectivity index (χ2n) is 3.43. The first kappa shape index (κ1) is 12.5. The van der Waals surface area contributed by atoms with Crippen molar-refractivity contribution in [3.05, 3.63) is 35.1 Å². The van der Waals surface area contributed by atoms with E-state index in [-0.39, 0.29) is 11.4 Å². The van der Waals surface area contributed by atoms with Gasteiger partial charge in [0.2, 0.25) is 0 Å². The number of nitrogens with one attached hydrogen (secondary N) is 1. The average molecular weight is 234 g/mol. The fourth-order valence-corrected chi connectivity index (χ4v) is 1.20. The van der Waals surface area contributed by atoms with E-state index in [1.54, 1.807) is 0 Å². The van der Waals surface area contributed by atoms with Crippen molar-refractivity contribution in [2.45, 2.75) is 6.18 Å². The topological polar surface area (TPSA) is 27.1 Å². The lowest BCUT2D eigenvalue weighted by Gasteiger charge is -2.18. The standard InChI is InChI=1S/C10H10F4N2/c1-16(2)9(15)7-4-3-6(11)5-8(7)10(12,13)14/h3-5,15H,1-2H3. The molecule has 0 fully saturated rings. The maximum absolute atomic E-state index is 12.8. The maximum Gasteiger partial charge on any atom is 0.417 e. The Labute approximate surface area is 90.0 Å². The number of benzene rings is 1. The molecule has 88 valence electrons. The van der Waals surface area contributed by atoms with Crippen LogP contribution in [-0.4, -0.2) is 24.8 Å². The van der Waals surface area contributed by atoms with Crippen LogP contribution in [0, 0.1) is 11.2 Å². The molecule has 0 radical (unpaired) electrons. The van der Waals surface area contributed by atoms with Crippen LogP contribution >= 0.6 is 0 Å². The number of hydrogen-bond donors (Lipinski definition) is 1. The van der Waals surface area contributed by atoms with Crippen LogP contribution in [0.25, 0.3) is 0 Å². The minimum atomic E-state index is -4.67. The molecule has 1 aromatic rings. The third kappa shape index (κ3) is 2.50. The van der Waals surface area contributed by atoms with E-state index in [2.05, 4.69) is 0 Å². The summed E-state index contributed by atoms with van der Waals surface area (Å²) in [5.41, 5.74) is -1.47. The molecule has 2 nitrogen and oxygen atoms in total. The highest BCUT2D eigenvalue weighted by molar-refractivity contribution is 5.97. The summed E-state index contributed by atoms with van der Waals surface area (Å²) in [4.78, 5) is 1.22. The van der Waals surface area contributed by atoms with Crippen molar-refractivity contribution < 1.29 is 17.6 Å². The van der Waals surface area contributed by atoms with Crippen LogP contribution < -0.4 is 0 Å². The van der Waals surface area contributed by atoms with E-state index >= 15 is 0 Å². The van der Waals surface area contributed by atoms with Crippen LogP contribution in [-0.2, 0) is 6.18 Å². The van der Waals surface area contributed by atoms with Gasteiger partial charge in [-0.2, -0.15) is 13.2 Å². The monoisotopic (exact) mass is 234 g/mol. The summed E-state index contributed by atoms with van der Waals surface area (Å²) in [5, 5.41) is 7.48. The summed E-state index contributed by atoms with van der Waals surface area (Å²) in [7, 11) is 2.90. The third-order valence-corrected chi connectivity index (χ3v) is 1.99. The Balaban J connectivity index is 3.34. The lowest BCUT2D eigenvalue weighted by atomic mass is 10.1. The molecular formula is C10H10F4N2. The van der Waals surface area contributed by atoms with E-state index in [0.717, 1.165) is 12.1 Å². The van der Waals surface area contributed by atoms with Gasteiger partial charge in [-0.3, -0.25) is 5.41 Å². The highest BCUT2D eigenvalue weighted by atomic mass is 19.4. The van der Waals surface area contributed by atoms with Gasteiger partial charge in [0, 0.05) is 19.7 Å². The van der Waals surface area contributed by atoms with Crippen molar-refractivity contribution in [2.75, 3.05) is 14.1 Å². The van der Waals surface area contributed by atoms with Gasteiger partial charge in [-0.1, -0.05) is 0 Å². The Morgan fingerprint density at radius 3 is 2.25 bits per heavy atom. The fraction of sp³-hybridized carbons (Fsp3) is 0.300. The second kappa shape index (κ2) is 4.11. The van der Waals surface area contributed by atoms with E-state index in [9.17, 15) is 17.6 Å². The molecule has 0 bridgehead atoms. The van der Waals surface area contributed by atoms with Crippen molar-refractivity contribution in [2.24, 2.45) is 0 Å². The van der Waals surface area contributed by atoms with Crippen molar-refractivity contribution in [1.29, 1.82) is 5.41 Å². The van der Waals surface area contributed by atoms with Crippen LogP contribution in [0.4, 0.5) is 17.6 Å². The SMILES string of the molecule is CN(C)C(=N)c1ccc(F)cc1C(F)(F)F. The van der Waals surface area contributed by atoms with Gasteiger partial charge >= 0.3 is 6.18 Å². The first-order valence-corrected chi connectivity index (χ1v) is 4.36. The molecule has 1 N–H and O–H groups in total. The largest absolute Gasteiger partial charge is 0.417 e. The summed E-state index contributed by atoms with van der Waals surface area (Å²) in [6, 6.07) is 2.26. The smallest absolute Gasteiger partial charge is 0.363 e. The normalized spacial score (nSPS) is 11.4. The molecule has 0 saturated heterocycles. The lowest BCUT2D eigenvalue weighted by Crippen LogP contribution is -2.25. The number of nitrogens with zero attached hydrogens (tertiary/aromatic N) is 1. The molecule has 0 aliphatic heterocycles. The van der Waals surface area contributed by atoms with E-state index in [1.165, 1.54) is 19.0 Å². The zero-order valence-corrected chi connectivity index (χ0v) is 8.69. The van der Waals surface area contributed by atoms with Gasteiger partial charge in [0.15, 0.2) is 0 Å². The molecule has 0 atom stereocenters. The highest BCUT2D eigenvalue weighted by Gasteiger charge is 2.35. The van der Waals surface area contributed by atoms with Crippen molar-refractivity contribution in [3.8, 4) is 0 Å². The van der Waals surface area contributed by atoms with Gasteiger partial charge in [0.1, 0.15) is 11.7 Å². The Morgan fingerprint density at radius 1 is 1.25 bits per heavy atom. The molecule has 0 aliphatic carbocycles.